The molecule has 0 N–H and O–H groups in total. The van der Waals surface area contributed by atoms with E-state index in [1.54, 1.807) is 0 Å². The molecule has 22 heavy (non-hydrogen) atoms. The molecule has 0 saturated heterocycles. The molecule has 0 fully saturated rings. The minimum atomic E-state index is -4.46. The zero-order chi connectivity index (χ0) is 15.9. The standard InChI is InChI=1S/C14H8F5N3/c15-13(16)11-7-22-6-10(20-5-12(22)21-11)8-2-1-3-9(4-8)14(17,18)19/h1-7,13H. The largest absolute Gasteiger partial charge is 0.416 e. The minimum Gasteiger partial charge on any atom is -0.303 e. The number of halogens is 5. The van der Waals surface area contributed by atoms with Crippen LogP contribution in [0.5, 0.6) is 0 Å². The molecular formula is C14H8F5N3. The van der Waals surface area contributed by atoms with E-state index in [1.807, 2.05) is 0 Å². The number of nitrogens with zero attached hydrogens (tertiary/aromatic N) is 3. The maximum atomic E-state index is 12.7. The minimum absolute atomic E-state index is 0.200. The Morgan fingerprint density at radius 1 is 1.09 bits per heavy atom. The van der Waals surface area contributed by atoms with Gasteiger partial charge in [-0.2, -0.15) is 13.2 Å². The molecule has 3 aromatic rings. The lowest BCUT2D eigenvalue weighted by atomic mass is 10.1. The van der Waals surface area contributed by atoms with E-state index in [4.69, 9.17) is 0 Å². The fourth-order valence-electron chi connectivity index (χ4n) is 2.03. The highest BCUT2D eigenvalue weighted by atomic mass is 19.4. The van der Waals surface area contributed by atoms with E-state index in [2.05, 4.69) is 9.97 Å². The maximum Gasteiger partial charge on any atom is 0.416 e. The summed E-state index contributed by atoms with van der Waals surface area (Å²) in [5.74, 6) is 0. The normalized spacial score (nSPS) is 12.3. The van der Waals surface area contributed by atoms with Gasteiger partial charge in [-0.3, -0.25) is 4.98 Å². The number of alkyl halides is 5. The van der Waals surface area contributed by atoms with Gasteiger partial charge in [0.15, 0.2) is 5.65 Å². The summed E-state index contributed by atoms with van der Waals surface area (Å²) < 4.78 is 64.6. The predicted octanol–water partition coefficient (Wildman–Crippen LogP) is 4.35. The van der Waals surface area contributed by atoms with Crippen molar-refractivity contribution in [2.75, 3.05) is 0 Å². The molecule has 114 valence electrons. The molecule has 0 aliphatic rings. The van der Waals surface area contributed by atoms with Crippen LogP contribution in [0.25, 0.3) is 16.9 Å². The van der Waals surface area contributed by atoms with E-state index in [0.717, 1.165) is 18.3 Å². The summed E-state index contributed by atoms with van der Waals surface area (Å²) in [6, 6.07) is 4.64. The van der Waals surface area contributed by atoms with Crippen molar-refractivity contribution in [1.29, 1.82) is 0 Å². The second kappa shape index (κ2) is 5.04. The quantitative estimate of drug-likeness (QED) is 0.658. The van der Waals surface area contributed by atoms with Gasteiger partial charge in [-0.1, -0.05) is 12.1 Å². The Morgan fingerprint density at radius 2 is 1.86 bits per heavy atom. The highest BCUT2D eigenvalue weighted by Gasteiger charge is 2.30. The Kier molecular flexibility index (Phi) is 3.31. The third-order valence-electron chi connectivity index (χ3n) is 3.07. The van der Waals surface area contributed by atoms with Gasteiger partial charge in [-0.15, -0.1) is 0 Å². The van der Waals surface area contributed by atoms with Crippen LogP contribution >= 0.6 is 0 Å². The lowest BCUT2D eigenvalue weighted by Crippen LogP contribution is -2.04. The van der Waals surface area contributed by atoms with E-state index in [-0.39, 0.29) is 16.9 Å². The fourth-order valence-corrected chi connectivity index (χ4v) is 2.03. The summed E-state index contributed by atoms with van der Waals surface area (Å²) >= 11 is 0. The molecule has 0 aliphatic heterocycles. The second-order valence-corrected chi connectivity index (χ2v) is 4.58. The SMILES string of the molecule is FC(F)c1cn2cc(-c3cccc(C(F)(F)F)c3)ncc2n1. The van der Waals surface area contributed by atoms with Crippen LogP contribution in [-0.4, -0.2) is 14.4 Å². The van der Waals surface area contributed by atoms with Crippen molar-refractivity contribution >= 4 is 5.65 Å². The summed E-state index contributed by atoms with van der Waals surface area (Å²) in [5.41, 5.74) is -0.541. The Morgan fingerprint density at radius 3 is 2.55 bits per heavy atom. The molecule has 0 spiro atoms. The van der Waals surface area contributed by atoms with Gasteiger partial charge in [0, 0.05) is 18.0 Å². The molecule has 2 aromatic heterocycles. The van der Waals surface area contributed by atoms with Crippen LogP contribution in [0.1, 0.15) is 17.7 Å². The van der Waals surface area contributed by atoms with Gasteiger partial charge in [-0.25, -0.2) is 13.8 Å². The lowest BCUT2D eigenvalue weighted by molar-refractivity contribution is -0.137. The Labute approximate surface area is 121 Å². The van der Waals surface area contributed by atoms with E-state index in [9.17, 15) is 22.0 Å². The summed E-state index contributed by atoms with van der Waals surface area (Å²) in [6.45, 7) is 0. The predicted molar refractivity (Wildman–Crippen MR) is 68.4 cm³/mol. The first-order valence-corrected chi connectivity index (χ1v) is 6.15. The van der Waals surface area contributed by atoms with Crippen LogP contribution in [0.4, 0.5) is 22.0 Å². The van der Waals surface area contributed by atoms with Crippen LogP contribution in [0.3, 0.4) is 0 Å². The zero-order valence-corrected chi connectivity index (χ0v) is 10.9. The third kappa shape index (κ3) is 2.63. The van der Waals surface area contributed by atoms with Gasteiger partial charge >= 0.3 is 6.18 Å². The first kappa shape index (κ1) is 14.4. The molecule has 0 unspecified atom stereocenters. The van der Waals surface area contributed by atoms with Crippen LogP contribution < -0.4 is 0 Å². The molecular weight excluding hydrogens is 305 g/mol. The van der Waals surface area contributed by atoms with E-state index in [1.165, 1.54) is 28.9 Å². The topological polar surface area (TPSA) is 30.2 Å². The fraction of sp³-hybridized carbons (Fsp3) is 0.143. The molecule has 0 bridgehead atoms. The molecule has 3 rings (SSSR count). The van der Waals surface area contributed by atoms with E-state index < -0.39 is 23.9 Å². The number of rotatable bonds is 2. The van der Waals surface area contributed by atoms with E-state index in [0.29, 0.717) is 0 Å². The smallest absolute Gasteiger partial charge is 0.303 e. The van der Waals surface area contributed by atoms with Gasteiger partial charge in [-0.05, 0) is 12.1 Å². The summed E-state index contributed by atoms with van der Waals surface area (Å²) in [5, 5.41) is 0. The maximum absolute atomic E-state index is 12.7. The Bertz CT molecular complexity index is 823. The zero-order valence-electron chi connectivity index (χ0n) is 10.9. The lowest BCUT2D eigenvalue weighted by Gasteiger charge is -2.08. The average molecular weight is 313 g/mol. The molecule has 0 amide bonds. The number of imidazole rings is 1. The van der Waals surface area contributed by atoms with Gasteiger partial charge in [0.05, 0.1) is 17.5 Å². The first-order chi connectivity index (χ1) is 10.3. The van der Waals surface area contributed by atoms with Crippen LogP contribution in [0.2, 0.25) is 0 Å². The van der Waals surface area contributed by atoms with Crippen molar-refractivity contribution in [2.24, 2.45) is 0 Å². The van der Waals surface area contributed by atoms with E-state index >= 15 is 0 Å². The highest BCUT2D eigenvalue weighted by molar-refractivity contribution is 5.61. The molecule has 2 heterocycles. The monoisotopic (exact) mass is 313 g/mol. The summed E-state index contributed by atoms with van der Waals surface area (Å²) in [4.78, 5) is 7.65. The van der Waals surface area contributed by atoms with Crippen molar-refractivity contribution in [2.45, 2.75) is 12.6 Å². The molecule has 0 aliphatic carbocycles. The van der Waals surface area contributed by atoms with Gasteiger partial charge in [0.1, 0.15) is 5.69 Å². The summed E-state index contributed by atoms with van der Waals surface area (Å²) in [7, 11) is 0. The number of hydrogen-bond acceptors (Lipinski definition) is 2. The number of fused-ring (bicyclic) bond motifs is 1. The van der Waals surface area contributed by atoms with Crippen LogP contribution in [0, 0.1) is 0 Å². The third-order valence-corrected chi connectivity index (χ3v) is 3.07. The Hall–Kier alpha value is -2.51. The van der Waals surface area contributed by atoms with Gasteiger partial charge < -0.3 is 4.40 Å². The van der Waals surface area contributed by atoms with Gasteiger partial charge in [0.25, 0.3) is 6.43 Å². The first-order valence-electron chi connectivity index (χ1n) is 6.15. The van der Waals surface area contributed by atoms with Crippen LogP contribution in [-0.2, 0) is 6.18 Å². The molecule has 1 aromatic carbocycles. The van der Waals surface area contributed by atoms with Gasteiger partial charge in [0.2, 0.25) is 0 Å². The number of hydrogen-bond donors (Lipinski definition) is 0. The van der Waals surface area contributed by atoms with Crippen molar-refractivity contribution < 1.29 is 22.0 Å². The van der Waals surface area contributed by atoms with Crippen molar-refractivity contribution in [3.05, 3.63) is 54.1 Å². The van der Waals surface area contributed by atoms with Crippen molar-refractivity contribution in [3.8, 4) is 11.3 Å². The molecule has 0 radical (unpaired) electrons. The molecule has 3 nitrogen and oxygen atoms in total. The van der Waals surface area contributed by atoms with Crippen LogP contribution in [0.15, 0.2) is 42.9 Å². The van der Waals surface area contributed by atoms with Crippen molar-refractivity contribution in [1.82, 2.24) is 14.4 Å². The molecule has 8 heteroatoms. The second-order valence-electron chi connectivity index (χ2n) is 4.58. The molecule has 0 atom stereocenters. The summed E-state index contributed by atoms with van der Waals surface area (Å²) in [6.07, 6.45) is -3.46. The molecule has 0 saturated carbocycles. The average Bonchev–Trinajstić information content (AvgIpc) is 2.89. The Balaban J connectivity index is 2.06. The van der Waals surface area contributed by atoms with Crippen molar-refractivity contribution in [3.63, 3.8) is 0 Å². The number of aromatic nitrogens is 3. The number of benzene rings is 1. The highest BCUT2D eigenvalue weighted by Crippen LogP contribution is 2.31.